The summed E-state index contributed by atoms with van der Waals surface area (Å²) < 4.78 is 12.9. The zero-order valence-electron chi connectivity index (χ0n) is 15.0. The molecule has 2 N–H and O–H groups in total. The molecule has 0 radical (unpaired) electrons. The Morgan fingerprint density at radius 3 is 2.58 bits per heavy atom. The smallest absolute Gasteiger partial charge is 0.191 e. The third-order valence-electron chi connectivity index (χ3n) is 3.23. The topological polar surface area (TPSA) is 85.6 Å². The Morgan fingerprint density at radius 1 is 1.17 bits per heavy atom. The van der Waals surface area contributed by atoms with Crippen molar-refractivity contribution in [2.45, 2.75) is 39.8 Å². The summed E-state index contributed by atoms with van der Waals surface area (Å²) in [5.41, 5.74) is 0. The monoisotopic (exact) mass is 454 g/mol. The van der Waals surface area contributed by atoms with E-state index in [0.29, 0.717) is 32.9 Å². The molecule has 1 heterocycles. The van der Waals surface area contributed by atoms with E-state index < -0.39 is 0 Å². The minimum atomic E-state index is 0. The van der Waals surface area contributed by atoms with Gasteiger partial charge in [0, 0.05) is 26.7 Å². The lowest BCUT2D eigenvalue weighted by Gasteiger charge is -2.12. The van der Waals surface area contributed by atoms with Crippen LogP contribution in [0.15, 0.2) is 11.3 Å². The lowest BCUT2D eigenvalue weighted by atomic mass is 10.4. The second kappa shape index (κ2) is 15.6. The largest absolute Gasteiger partial charge is 0.379 e. The first-order valence-corrected chi connectivity index (χ1v) is 8.28. The molecule has 0 amide bonds. The van der Waals surface area contributed by atoms with Crippen molar-refractivity contribution in [2.24, 2.45) is 4.99 Å². The standard InChI is InChI=1S/C15H30N6O2.HI/c1-4-6-8-22-10-11-23-9-7-17-15(16-3)18-12-14-20-19-13-21(14)5-2;/h13H,4-12H2,1-3H3,(H2,16,17,18);1H. The molecule has 1 rings (SSSR count). The molecule has 0 aromatic carbocycles. The van der Waals surface area contributed by atoms with Gasteiger partial charge in [-0.3, -0.25) is 4.99 Å². The van der Waals surface area contributed by atoms with Crippen molar-refractivity contribution < 1.29 is 9.47 Å². The Hall–Kier alpha value is -0.940. The van der Waals surface area contributed by atoms with Crippen LogP contribution in [0.5, 0.6) is 0 Å². The number of nitrogens with one attached hydrogen (secondary N) is 2. The molecule has 0 aliphatic rings. The molecule has 0 atom stereocenters. The highest BCUT2D eigenvalue weighted by molar-refractivity contribution is 14.0. The van der Waals surface area contributed by atoms with Crippen LogP contribution in [0.1, 0.15) is 32.5 Å². The predicted octanol–water partition coefficient (Wildman–Crippen LogP) is 1.41. The van der Waals surface area contributed by atoms with Gasteiger partial charge in [-0.05, 0) is 13.3 Å². The van der Waals surface area contributed by atoms with Crippen LogP contribution < -0.4 is 10.6 Å². The van der Waals surface area contributed by atoms with Crippen LogP contribution in [0, 0.1) is 0 Å². The fraction of sp³-hybridized carbons (Fsp3) is 0.800. The molecule has 0 fully saturated rings. The van der Waals surface area contributed by atoms with Crippen LogP contribution in [-0.2, 0) is 22.6 Å². The predicted molar refractivity (Wildman–Crippen MR) is 106 cm³/mol. The van der Waals surface area contributed by atoms with Gasteiger partial charge in [-0.25, -0.2) is 0 Å². The van der Waals surface area contributed by atoms with Gasteiger partial charge in [-0.15, -0.1) is 34.2 Å². The van der Waals surface area contributed by atoms with Crippen molar-refractivity contribution in [1.29, 1.82) is 0 Å². The minimum absolute atomic E-state index is 0. The molecule has 9 heteroatoms. The van der Waals surface area contributed by atoms with E-state index in [1.54, 1.807) is 13.4 Å². The highest BCUT2D eigenvalue weighted by Crippen LogP contribution is 1.93. The summed E-state index contributed by atoms with van der Waals surface area (Å²) in [6, 6.07) is 0. The maximum atomic E-state index is 5.50. The lowest BCUT2D eigenvalue weighted by Crippen LogP contribution is -2.39. The summed E-state index contributed by atoms with van der Waals surface area (Å²) in [6.45, 7) is 9.04. The number of halogens is 1. The molecule has 0 saturated heterocycles. The molecule has 0 saturated carbocycles. The maximum absolute atomic E-state index is 5.50. The van der Waals surface area contributed by atoms with Crippen molar-refractivity contribution in [1.82, 2.24) is 25.4 Å². The first-order valence-electron chi connectivity index (χ1n) is 8.28. The fourth-order valence-corrected chi connectivity index (χ4v) is 1.87. The maximum Gasteiger partial charge on any atom is 0.191 e. The Kier molecular flexibility index (Phi) is 15.0. The summed E-state index contributed by atoms with van der Waals surface area (Å²) >= 11 is 0. The van der Waals surface area contributed by atoms with E-state index in [4.69, 9.17) is 9.47 Å². The summed E-state index contributed by atoms with van der Waals surface area (Å²) in [5, 5.41) is 14.4. The molecular formula is C15H31IN6O2. The Morgan fingerprint density at radius 2 is 1.92 bits per heavy atom. The van der Waals surface area contributed by atoms with Crippen molar-refractivity contribution in [2.75, 3.05) is 40.0 Å². The molecule has 24 heavy (non-hydrogen) atoms. The SMILES string of the molecule is CCCCOCCOCCNC(=NC)NCc1nncn1CC.I. The lowest BCUT2D eigenvalue weighted by molar-refractivity contribution is 0.0487. The molecule has 0 aliphatic heterocycles. The first-order chi connectivity index (χ1) is 11.3. The van der Waals surface area contributed by atoms with E-state index in [2.05, 4.69) is 39.7 Å². The highest BCUT2D eigenvalue weighted by Gasteiger charge is 2.03. The summed E-state index contributed by atoms with van der Waals surface area (Å²) in [7, 11) is 1.74. The molecule has 1 aromatic rings. The van der Waals surface area contributed by atoms with Gasteiger partial charge in [0.25, 0.3) is 0 Å². The van der Waals surface area contributed by atoms with Crippen LogP contribution in [0.3, 0.4) is 0 Å². The van der Waals surface area contributed by atoms with Crippen molar-refractivity contribution in [3.63, 3.8) is 0 Å². The molecule has 0 unspecified atom stereocenters. The number of aliphatic imine (C=N–C) groups is 1. The zero-order chi connectivity index (χ0) is 16.8. The number of hydrogen-bond acceptors (Lipinski definition) is 5. The summed E-state index contributed by atoms with van der Waals surface area (Å²) in [4.78, 5) is 4.17. The van der Waals surface area contributed by atoms with Crippen molar-refractivity contribution in [3.05, 3.63) is 12.2 Å². The Labute approximate surface area is 161 Å². The minimum Gasteiger partial charge on any atom is -0.379 e. The van der Waals surface area contributed by atoms with Crippen LogP contribution in [0.25, 0.3) is 0 Å². The van der Waals surface area contributed by atoms with Crippen molar-refractivity contribution >= 4 is 29.9 Å². The highest BCUT2D eigenvalue weighted by atomic mass is 127. The van der Waals surface area contributed by atoms with E-state index in [0.717, 1.165) is 37.8 Å². The van der Waals surface area contributed by atoms with E-state index in [1.807, 2.05) is 4.57 Å². The fourth-order valence-electron chi connectivity index (χ4n) is 1.87. The van der Waals surface area contributed by atoms with Gasteiger partial charge in [-0.1, -0.05) is 13.3 Å². The van der Waals surface area contributed by atoms with E-state index in [-0.39, 0.29) is 24.0 Å². The summed E-state index contributed by atoms with van der Waals surface area (Å²) in [6.07, 6.45) is 3.99. The molecule has 8 nitrogen and oxygen atoms in total. The Balaban J connectivity index is 0.00000529. The molecule has 0 bridgehead atoms. The summed E-state index contributed by atoms with van der Waals surface area (Å²) in [5.74, 6) is 1.61. The van der Waals surface area contributed by atoms with Gasteiger partial charge >= 0.3 is 0 Å². The molecule has 1 aromatic heterocycles. The van der Waals surface area contributed by atoms with E-state index >= 15 is 0 Å². The molecule has 0 aliphatic carbocycles. The van der Waals surface area contributed by atoms with Gasteiger partial charge in [-0.2, -0.15) is 0 Å². The van der Waals surface area contributed by atoms with Gasteiger partial charge in [0.2, 0.25) is 0 Å². The Bertz CT molecular complexity index is 441. The van der Waals surface area contributed by atoms with Crippen LogP contribution in [-0.4, -0.2) is 60.7 Å². The molecule has 0 spiro atoms. The number of aryl methyl sites for hydroxylation is 1. The quantitative estimate of drug-likeness (QED) is 0.215. The number of aromatic nitrogens is 3. The van der Waals surface area contributed by atoms with Gasteiger partial charge in [0.05, 0.1) is 26.4 Å². The molecular weight excluding hydrogens is 423 g/mol. The number of rotatable bonds is 12. The first kappa shape index (κ1) is 23.1. The normalized spacial score (nSPS) is 11.2. The number of hydrogen-bond donors (Lipinski definition) is 2. The third-order valence-corrected chi connectivity index (χ3v) is 3.23. The number of guanidine groups is 1. The number of unbranched alkanes of at least 4 members (excludes halogenated alkanes) is 1. The van der Waals surface area contributed by atoms with Gasteiger partial charge < -0.3 is 24.7 Å². The average molecular weight is 454 g/mol. The second-order valence-electron chi connectivity index (χ2n) is 4.96. The number of nitrogens with zero attached hydrogens (tertiary/aromatic N) is 4. The van der Waals surface area contributed by atoms with Crippen LogP contribution in [0.4, 0.5) is 0 Å². The van der Waals surface area contributed by atoms with Gasteiger partial charge in [0.1, 0.15) is 6.33 Å². The average Bonchev–Trinajstić information content (AvgIpc) is 3.03. The molecule has 140 valence electrons. The van der Waals surface area contributed by atoms with Gasteiger partial charge in [0.15, 0.2) is 11.8 Å². The zero-order valence-corrected chi connectivity index (χ0v) is 17.3. The van der Waals surface area contributed by atoms with E-state index in [1.165, 1.54) is 0 Å². The van der Waals surface area contributed by atoms with E-state index in [9.17, 15) is 0 Å². The van der Waals surface area contributed by atoms with Crippen molar-refractivity contribution in [3.8, 4) is 0 Å². The van der Waals surface area contributed by atoms with Crippen LogP contribution in [0.2, 0.25) is 0 Å². The third kappa shape index (κ3) is 10.0. The number of ether oxygens (including phenoxy) is 2. The van der Waals surface area contributed by atoms with Crippen LogP contribution >= 0.6 is 24.0 Å². The second-order valence-corrected chi connectivity index (χ2v) is 4.96.